The number of amides is 2. The lowest BCUT2D eigenvalue weighted by Crippen LogP contribution is -2.19. The molecule has 0 saturated heterocycles. The molecule has 35 heavy (non-hydrogen) atoms. The number of halogens is 7. The molecule has 2 amide bonds. The predicted octanol–water partition coefficient (Wildman–Crippen LogP) is 6.77. The summed E-state index contributed by atoms with van der Waals surface area (Å²) in [4.78, 5) is 25.4. The van der Waals surface area contributed by atoms with Crippen molar-refractivity contribution in [2.75, 3.05) is 16.4 Å². The van der Waals surface area contributed by atoms with E-state index in [0.29, 0.717) is 16.7 Å². The Morgan fingerprint density at radius 3 is 2.26 bits per heavy atom. The highest BCUT2D eigenvalue weighted by atomic mass is 35.5. The summed E-state index contributed by atoms with van der Waals surface area (Å²) in [7, 11) is 0. The molecule has 4 N–H and O–H groups in total. The summed E-state index contributed by atoms with van der Waals surface area (Å²) in [5, 5.41) is 5.26. The van der Waals surface area contributed by atoms with Crippen LogP contribution in [0.2, 0.25) is 10.0 Å². The first-order valence-electron chi connectivity index (χ1n) is 9.89. The van der Waals surface area contributed by atoms with Gasteiger partial charge in [-0.3, -0.25) is 9.59 Å². The third-order valence-electron chi connectivity index (χ3n) is 5.45. The van der Waals surface area contributed by atoms with E-state index >= 15 is 0 Å². The molecule has 1 saturated carbocycles. The summed E-state index contributed by atoms with van der Waals surface area (Å²) in [5.41, 5.74) is 4.69. The molecular formula is C23H14Cl4F3N3O2. The fraction of sp³-hybridized carbons (Fsp3) is 0.130. The van der Waals surface area contributed by atoms with Crippen molar-refractivity contribution in [2.24, 2.45) is 5.92 Å². The highest BCUT2D eigenvalue weighted by molar-refractivity contribution is 6.53. The van der Waals surface area contributed by atoms with Crippen LogP contribution >= 0.6 is 46.4 Å². The van der Waals surface area contributed by atoms with Crippen molar-refractivity contribution in [3.05, 3.63) is 87.2 Å². The van der Waals surface area contributed by atoms with Crippen molar-refractivity contribution in [3.8, 4) is 0 Å². The van der Waals surface area contributed by atoms with Crippen LogP contribution in [0.3, 0.4) is 0 Å². The maximum Gasteiger partial charge on any atom is 0.258 e. The smallest absolute Gasteiger partial charge is 0.258 e. The third kappa shape index (κ3) is 5.02. The number of hydrogen-bond donors (Lipinski definition) is 3. The van der Waals surface area contributed by atoms with Crippen LogP contribution < -0.4 is 16.4 Å². The SMILES string of the molecule is Nc1cc(NC(=O)c2cc(NC(=O)C3[C@H](c4ccc(Cl)c(Cl)c4)C3(Cl)Cl)ccc2F)c(F)cc1F. The Morgan fingerprint density at radius 2 is 1.57 bits per heavy atom. The maximum atomic E-state index is 14.3. The van der Waals surface area contributed by atoms with Crippen LogP contribution in [0.4, 0.5) is 30.2 Å². The highest BCUT2D eigenvalue weighted by Gasteiger charge is 2.67. The van der Waals surface area contributed by atoms with E-state index in [1.165, 1.54) is 6.07 Å². The Hall–Kier alpha value is -2.65. The van der Waals surface area contributed by atoms with E-state index < -0.39 is 62.4 Å². The summed E-state index contributed by atoms with van der Waals surface area (Å²) >= 11 is 24.6. The molecule has 182 valence electrons. The largest absolute Gasteiger partial charge is 0.396 e. The van der Waals surface area contributed by atoms with Crippen LogP contribution in [0.5, 0.6) is 0 Å². The number of alkyl halides is 2. The van der Waals surface area contributed by atoms with Gasteiger partial charge < -0.3 is 16.4 Å². The van der Waals surface area contributed by atoms with E-state index in [-0.39, 0.29) is 10.7 Å². The van der Waals surface area contributed by atoms with Crippen molar-refractivity contribution >= 4 is 75.3 Å². The summed E-state index contributed by atoms with van der Waals surface area (Å²) in [6.07, 6.45) is 0. The Bertz CT molecular complexity index is 1370. The number of anilines is 3. The van der Waals surface area contributed by atoms with Crippen LogP contribution in [-0.4, -0.2) is 16.1 Å². The lowest BCUT2D eigenvalue weighted by atomic mass is 10.1. The van der Waals surface area contributed by atoms with Gasteiger partial charge in [0, 0.05) is 17.7 Å². The third-order valence-corrected chi connectivity index (χ3v) is 7.13. The average molecular weight is 563 g/mol. The lowest BCUT2D eigenvalue weighted by molar-refractivity contribution is -0.117. The molecule has 5 nitrogen and oxygen atoms in total. The summed E-state index contributed by atoms with van der Waals surface area (Å²) in [6, 6.07) is 9.33. The average Bonchev–Trinajstić information content (AvgIpc) is 3.37. The molecule has 0 heterocycles. The van der Waals surface area contributed by atoms with E-state index in [0.717, 1.165) is 18.2 Å². The van der Waals surface area contributed by atoms with E-state index in [2.05, 4.69) is 10.6 Å². The van der Waals surface area contributed by atoms with Gasteiger partial charge in [-0.1, -0.05) is 29.3 Å². The lowest BCUT2D eigenvalue weighted by Gasteiger charge is -2.11. The Morgan fingerprint density at radius 1 is 0.857 bits per heavy atom. The van der Waals surface area contributed by atoms with Gasteiger partial charge in [-0.25, -0.2) is 13.2 Å². The molecular weight excluding hydrogens is 549 g/mol. The topological polar surface area (TPSA) is 84.2 Å². The summed E-state index contributed by atoms with van der Waals surface area (Å²) in [5.74, 6) is -6.14. The second kappa shape index (κ2) is 9.43. The van der Waals surface area contributed by atoms with Gasteiger partial charge in [0.25, 0.3) is 5.91 Å². The van der Waals surface area contributed by atoms with E-state index in [1.807, 2.05) is 0 Å². The number of nitrogens with two attached hydrogens (primary N) is 1. The Balaban J connectivity index is 1.52. The fourth-order valence-electron chi connectivity index (χ4n) is 3.62. The first-order valence-corrected chi connectivity index (χ1v) is 11.4. The molecule has 0 radical (unpaired) electrons. The van der Waals surface area contributed by atoms with Crippen LogP contribution in [0.1, 0.15) is 21.8 Å². The Kier molecular flexibility index (Phi) is 6.85. The van der Waals surface area contributed by atoms with E-state index in [9.17, 15) is 22.8 Å². The monoisotopic (exact) mass is 561 g/mol. The predicted molar refractivity (Wildman–Crippen MR) is 131 cm³/mol. The second-order valence-corrected chi connectivity index (χ2v) is 10.1. The van der Waals surface area contributed by atoms with Gasteiger partial charge in [-0.15, -0.1) is 23.2 Å². The van der Waals surface area contributed by atoms with Crippen molar-refractivity contribution < 1.29 is 22.8 Å². The van der Waals surface area contributed by atoms with Crippen molar-refractivity contribution in [3.63, 3.8) is 0 Å². The molecule has 0 spiro atoms. The molecule has 3 aromatic rings. The van der Waals surface area contributed by atoms with E-state index in [1.54, 1.807) is 18.2 Å². The van der Waals surface area contributed by atoms with Gasteiger partial charge in [0.05, 0.1) is 32.9 Å². The number of rotatable bonds is 5. The van der Waals surface area contributed by atoms with Crippen LogP contribution in [0.15, 0.2) is 48.5 Å². The number of nitrogens with one attached hydrogen (secondary N) is 2. The van der Waals surface area contributed by atoms with Gasteiger partial charge >= 0.3 is 0 Å². The standard InChI is InChI=1S/C23H14Cl4F3N3O2/c24-12-3-1-9(5-13(12)25)19-20(23(19,26)27)22(35)32-10-2-4-14(28)11(6-10)21(34)33-18-8-17(31)15(29)7-16(18)30/h1-8,19-20H,31H2,(H,32,35)(H,33,34)/t19-,20?/m0/s1. The van der Waals surface area contributed by atoms with Crippen LogP contribution in [-0.2, 0) is 4.79 Å². The minimum Gasteiger partial charge on any atom is -0.396 e. The zero-order valence-corrected chi connectivity index (χ0v) is 20.3. The molecule has 3 aromatic carbocycles. The molecule has 0 aromatic heterocycles. The minimum absolute atomic E-state index is 0.0598. The van der Waals surface area contributed by atoms with Crippen LogP contribution in [0, 0.1) is 23.4 Å². The van der Waals surface area contributed by atoms with Gasteiger partial charge in [-0.05, 0) is 42.0 Å². The molecule has 0 bridgehead atoms. The first-order chi connectivity index (χ1) is 16.4. The number of benzene rings is 3. The second-order valence-electron chi connectivity index (χ2n) is 7.79. The number of hydrogen-bond acceptors (Lipinski definition) is 3. The number of carbonyl (C=O) groups is 2. The van der Waals surface area contributed by atoms with E-state index in [4.69, 9.17) is 52.1 Å². The normalized spacial score (nSPS) is 18.1. The summed E-state index contributed by atoms with van der Waals surface area (Å²) < 4.78 is 40.2. The molecule has 0 aliphatic heterocycles. The van der Waals surface area contributed by atoms with Gasteiger partial charge in [0.15, 0.2) is 0 Å². The van der Waals surface area contributed by atoms with Crippen molar-refractivity contribution in [2.45, 2.75) is 10.3 Å². The van der Waals surface area contributed by atoms with Crippen molar-refractivity contribution in [1.82, 2.24) is 0 Å². The molecule has 1 aliphatic carbocycles. The number of carbonyl (C=O) groups excluding carboxylic acids is 2. The molecule has 1 unspecified atom stereocenters. The van der Waals surface area contributed by atoms with Crippen LogP contribution in [0.25, 0.3) is 0 Å². The fourth-order valence-corrected chi connectivity index (χ4v) is 4.76. The van der Waals surface area contributed by atoms with Crippen molar-refractivity contribution in [1.29, 1.82) is 0 Å². The Labute approximate surface area is 217 Å². The van der Waals surface area contributed by atoms with Gasteiger partial charge in [-0.2, -0.15) is 0 Å². The zero-order chi connectivity index (χ0) is 25.7. The quantitative estimate of drug-likeness (QED) is 0.237. The molecule has 2 atom stereocenters. The van der Waals surface area contributed by atoms with Gasteiger partial charge in [0.2, 0.25) is 5.91 Å². The zero-order valence-electron chi connectivity index (χ0n) is 17.3. The minimum atomic E-state index is -1.43. The molecule has 4 rings (SSSR count). The molecule has 1 aliphatic rings. The molecule has 12 heteroatoms. The highest BCUT2D eigenvalue weighted by Crippen LogP contribution is 2.65. The first kappa shape index (κ1) is 25.4. The van der Waals surface area contributed by atoms with Gasteiger partial charge in [0.1, 0.15) is 21.8 Å². The summed E-state index contributed by atoms with van der Waals surface area (Å²) in [6.45, 7) is 0. The number of nitrogen functional groups attached to an aromatic ring is 1. The maximum absolute atomic E-state index is 14.3. The molecule has 1 fully saturated rings.